The lowest BCUT2D eigenvalue weighted by Crippen LogP contribution is -2.55. The molecule has 3 aromatic rings. The van der Waals surface area contributed by atoms with E-state index in [-0.39, 0.29) is 18.0 Å². The first kappa shape index (κ1) is 18.1. The number of hydrogen-bond donors (Lipinski definition) is 0. The first-order valence-electron chi connectivity index (χ1n) is 9.41. The molecule has 0 saturated carbocycles. The molecule has 4 rings (SSSR count). The van der Waals surface area contributed by atoms with Gasteiger partial charge >= 0.3 is 0 Å². The second-order valence-electron chi connectivity index (χ2n) is 7.06. The van der Waals surface area contributed by atoms with Crippen LogP contribution in [0.1, 0.15) is 27.2 Å². The maximum absolute atomic E-state index is 12.8. The molecule has 1 amide bonds. The van der Waals surface area contributed by atoms with E-state index in [1.165, 1.54) is 6.33 Å². The van der Waals surface area contributed by atoms with Crippen LogP contribution in [0.3, 0.4) is 0 Å². The summed E-state index contributed by atoms with van der Waals surface area (Å²) >= 11 is 0. The molecule has 3 heterocycles. The van der Waals surface area contributed by atoms with Crippen LogP contribution in [0.5, 0.6) is 0 Å². The zero-order chi connectivity index (χ0) is 19.8. The summed E-state index contributed by atoms with van der Waals surface area (Å²) in [5, 5.41) is 4.34. The third kappa shape index (κ3) is 2.81. The van der Waals surface area contributed by atoms with Gasteiger partial charge in [0.25, 0.3) is 5.95 Å². The van der Waals surface area contributed by atoms with Gasteiger partial charge in [-0.1, -0.05) is 37.3 Å². The van der Waals surface area contributed by atoms with Crippen molar-refractivity contribution in [3.8, 4) is 17.3 Å². The molecule has 1 unspecified atom stereocenters. The molecule has 0 saturated heterocycles. The summed E-state index contributed by atoms with van der Waals surface area (Å²) in [6.45, 7) is 6.15. The number of rotatable bonds is 4. The topological polar surface area (TPSA) is 80.0 Å². The Morgan fingerprint density at radius 1 is 1.14 bits per heavy atom. The lowest BCUT2D eigenvalue weighted by molar-refractivity contribution is -0.120. The number of aromatic nitrogens is 5. The molecule has 8 heteroatoms. The quantitative estimate of drug-likeness (QED) is 0.695. The minimum absolute atomic E-state index is 0.0609. The van der Waals surface area contributed by atoms with Crippen LogP contribution >= 0.6 is 0 Å². The molecule has 0 aliphatic carbocycles. The highest BCUT2D eigenvalue weighted by Gasteiger charge is 2.38. The van der Waals surface area contributed by atoms with Gasteiger partial charge in [0, 0.05) is 18.7 Å². The van der Waals surface area contributed by atoms with Crippen LogP contribution < -0.4 is 9.80 Å². The standard InChI is InChI=1S/C20H23N7O/c1-5-15-19(28)25(4)16-11-21-20(24-18(16)26(15)13(2)3)27-17(22-12-23-27)14-9-7-6-8-10-14/h6-13,15H,5H2,1-4H3. The van der Waals surface area contributed by atoms with Gasteiger partial charge in [-0.15, -0.1) is 0 Å². The van der Waals surface area contributed by atoms with E-state index in [0.29, 0.717) is 23.9 Å². The maximum Gasteiger partial charge on any atom is 0.254 e. The molecular formula is C20H23N7O. The van der Waals surface area contributed by atoms with Crippen molar-refractivity contribution in [1.82, 2.24) is 24.7 Å². The molecule has 1 atom stereocenters. The second-order valence-corrected chi connectivity index (χ2v) is 7.06. The maximum atomic E-state index is 12.8. The van der Waals surface area contributed by atoms with E-state index in [1.807, 2.05) is 37.3 Å². The van der Waals surface area contributed by atoms with Gasteiger partial charge < -0.3 is 9.80 Å². The van der Waals surface area contributed by atoms with Crippen LogP contribution in [0, 0.1) is 0 Å². The van der Waals surface area contributed by atoms with E-state index in [2.05, 4.69) is 33.8 Å². The summed E-state index contributed by atoms with van der Waals surface area (Å²) in [4.78, 5) is 30.2. The Hall–Kier alpha value is -3.29. The number of benzene rings is 1. The Morgan fingerprint density at radius 3 is 2.57 bits per heavy atom. The van der Waals surface area contributed by atoms with Gasteiger partial charge in [-0.2, -0.15) is 14.8 Å². The number of likely N-dealkylation sites (N-methyl/N-ethyl adjacent to an activating group) is 1. The lowest BCUT2D eigenvalue weighted by Gasteiger charge is -2.42. The normalized spacial score (nSPS) is 16.6. The van der Waals surface area contributed by atoms with Crippen molar-refractivity contribution in [1.29, 1.82) is 0 Å². The van der Waals surface area contributed by atoms with Gasteiger partial charge in [0.05, 0.1) is 6.20 Å². The number of carbonyl (C=O) groups excluding carboxylic acids is 1. The predicted octanol–water partition coefficient (Wildman–Crippen LogP) is 2.69. The van der Waals surface area contributed by atoms with Crippen LogP contribution in [-0.4, -0.2) is 49.8 Å². The van der Waals surface area contributed by atoms with Crippen molar-refractivity contribution in [2.45, 2.75) is 39.3 Å². The third-order valence-electron chi connectivity index (χ3n) is 5.01. The van der Waals surface area contributed by atoms with Gasteiger partial charge in [-0.05, 0) is 20.3 Å². The molecular weight excluding hydrogens is 354 g/mol. The van der Waals surface area contributed by atoms with Crippen LogP contribution in [0.4, 0.5) is 11.5 Å². The molecule has 0 N–H and O–H groups in total. The highest BCUT2D eigenvalue weighted by Crippen LogP contribution is 2.36. The largest absolute Gasteiger partial charge is 0.340 e. The Kier molecular flexibility index (Phi) is 4.54. The molecule has 1 aliphatic rings. The van der Waals surface area contributed by atoms with Crippen molar-refractivity contribution in [2.75, 3.05) is 16.8 Å². The number of fused-ring (bicyclic) bond motifs is 1. The molecule has 1 aliphatic heterocycles. The summed E-state index contributed by atoms with van der Waals surface area (Å²) < 4.78 is 1.63. The van der Waals surface area contributed by atoms with Crippen LogP contribution in [0.25, 0.3) is 17.3 Å². The molecule has 0 fully saturated rings. The van der Waals surface area contributed by atoms with Crippen molar-refractivity contribution in [3.05, 3.63) is 42.9 Å². The summed E-state index contributed by atoms with van der Waals surface area (Å²) in [6.07, 6.45) is 3.89. The molecule has 0 bridgehead atoms. The first-order chi connectivity index (χ1) is 13.5. The first-order valence-corrected chi connectivity index (χ1v) is 9.41. The summed E-state index contributed by atoms with van der Waals surface area (Å²) in [5.74, 6) is 1.90. The van der Waals surface area contributed by atoms with E-state index in [9.17, 15) is 4.79 Å². The van der Waals surface area contributed by atoms with E-state index in [1.54, 1.807) is 22.8 Å². The highest BCUT2D eigenvalue weighted by atomic mass is 16.2. The molecule has 0 spiro atoms. The minimum Gasteiger partial charge on any atom is -0.340 e. The van der Waals surface area contributed by atoms with Crippen LogP contribution in [0.2, 0.25) is 0 Å². The van der Waals surface area contributed by atoms with Gasteiger partial charge in [-0.3, -0.25) is 4.79 Å². The van der Waals surface area contributed by atoms with Gasteiger partial charge in [0.1, 0.15) is 18.1 Å². The van der Waals surface area contributed by atoms with Crippen LogP contribution in [0.15, 0.2) is 42.9 Å². The Labute approximate surface area is 163 Å². The van der Waals surface area contributed by atoms with Crippen molar-refractivity contribution < 1.29 is 4.79 Å². The van der Waals surface area contributed by atoms with Crippen molar-refractivity contribution in [2.24, 2.45) is 0 Å². The third-order valence-corrected chi connectivity index (χ3v) is 5.01. The van der Waals surface area contributed by atoms with E-state index < -0.39 is 0 Å². The average molecular weight is 377 g/mol. The highest BCUT2D eigenvalue weighted by molar-refractivity contribution is 6.04. The Bertz CT molecular complexity index is 999. The molecule has 144 valence electrons. The number of nitrogens with zero attached hydrogens (tertiary/aromatic N) is 7. The van der Waals surface area contributed by atoms with Gasteiger partial charge in [0.2, 0.25) is 5.91 Å². The van der Waals surface area contributed by atoms with E-state index >= 15 is 0 Å². The molecule has 2 aromatic heterocycles. The minimum atomic E-state index is -0.246. The fourth-order valence-electron chi connectivity index (χ4n) is 3.64. The molecule has 1 aromatic carbocycles. The SMILES string of the molecule is CCC1C(=O)N(C)c2cnc(-n3ncnc3-c3ccccc3)nc2N1C(C)C. The Balaban J connectivity index is 1.85. The monoisotopic (exact) mass is 377 g/mol. The fourth-order valence-corrected chi connectivity index (χ4v) is 3.64. The zero-order valence-corrected chi connectivity index (χ0v) is 16.4. The van der Waals surface area contributed by atoms with Crippen molar-refractivity contribution in [3.63, 3.8) is 0 Å². The second kappa shape index (κ2) is 7.03. The van der Waals surface area contributed by atoms with E-state index in [0.717, 1.165) is 11.4 Å². The fraction of sp³-hybridized carbons (Fsp3) is 0.350. The smallest absolute Gasteiger partial charge is 0.254 e. The number of carbonyl (C=O) groups is 1. The Morgan fingerprint density at radius 2 is 1.89 bits per heavy atom. The summed E-state index contributed by atoms with van der Waals surface area (Å²) in [7, 11) is 1.77. The molecule has 0 radical (unpaired) electrons. The van der Waals surface area contributed by atoms with Gasteiger partial charge in [0.15, 0.2) is 11.6 Å². The summed E-state index contributed by atoms with van der Waals surface area (Å²) in [6, 6.07) is 9.68. The van der Waals surface area contributed by atoms with Crippen LogP contribution in [-0.2, 0) is 4.79 Å². The van der Waals surface area contributed by atoms with E-state index in [4.69, 9.17) is 4.98 Å². The predicted molar refractivity (Wildman–Crippen MR) is 107 cm³/mol. The van der Waals surface area contributed by atoms with Crippen molar-refractivity contribution >= 4 is 17.4 Å². The summed E-state index contributed by atoms with van der Waals surface area (Å²) in [5.41, 5.74) is 1.63. The number of anilines is 2. The lowest BCUT2D eigenvalue weighted by atomic mass is 10.1. The molecule has 28 heavy (non-hydrogen) atoms. The number of hydrogen-bond acceptors (Lipinski definition) is 6. The number of amides is 1. The molecule has 8 nitrogen and oxygen atoms in total. The van der Waals surface area contributed by atoms with Gasteiger partial charge in [-0.25, -0.2) is 9.97 Å². The average Bonchev–Trinajstić information content (AvgIpc) is 3.20. The zero-order valence-electron chi connectivity index (χ0n) is 16.4.